The lowest BCUT2D eigenvalue weighted by Gasteiger charge is -2.12. The summed E-state index contributed by atoms with van der Waals surface area (Å²) in [6, 6.07) is 2.90. The normalized spacial score (nSPS) is 12.0. The second-order valence-electron chi connectivity index (χ2n) is 3.48. The van der Waals surface area contributed by atoms with Crippen molar-refractivity contribution in [2.24, 2.45) is 5.73 Å². The molecule has 8 heteroatoms. The third kappa shape index (κ3) is 4.47. The van der Waals surface area contributed by atoms with E-state index in [2.05, 4.69) is 20.7 Å². The fraction of sp³-hybridized carbons (Fsp3) is 0.273. The van der Waals surface area contributed by atoms with Crippen molar-refractivity contribution in [2.45, 2.75) is 4.90 Å². The molecule has 0 saturated carbocycles. The second-order valence-corrected chi connectivity index (χ2v) is 6.50. The lowest BCUT2D eigenvalue weighted by atomic mass is 10.3. The molecule has 1 aromatic carbocycles. The van der Waals surface area contributed by atoms with Crippen LogP contribution in [0.5, 0.6) is 5.75 Å². The van der Waals surface area contributed by atoms with Gasteiger partial charge in [-0.05, 0) is 28.1 Å². The van der Waals surface area contributed by atoms with Gasteiger partial charge in [-0.25, -0.2) is 13.1 Å². The van der Waals surface area contributed by atoms with Gasteiger partial charge in [0.2, 0.25) is 10.0 Å². The van der Waals surface area contributed by atoms with Gasteiger partial charge in [0.05, 0.1) is 11.6 Å². The monoisotopic (exact) mass is 368 g/mol. The number of sulfonamides is 1. The molecule has 3 N–H and O–H groups in total. The molecule has 0 aromatic heterocycles. The zero-order valence-electron chi connectivity index (χ0n) is 10.2. The van der Waals surface area contributed by atoms with Crippen LogP contribution in [0.4, 0.5) is 0 Å². The van der Waals surface area contributed by atoms with Crippen molar-refractivity contribution in [1.82, 2.24) is 4.72 Å². The summed E-state index contributed by atoms with van der Waals surface area (Å²) in [4.78, 5) is -0.0180. The van der Waals surface area contributed by atoms with E-state index < -0.39 is 10.0 Å². The molecular formula is C11H14BrClN2O3S. The number of nitrogens with two attached hydrogens (primary N) is 1. The smallest absolute Gasteiger partial charge is 0.244 e. The highest BCUT2D eigenvalue weighted by Gasteiger charge is 2.21. The van der Waals surface area contributed by atoms with Crippen molar-refractivity contribution >= 4 is 37.6 Å². The number of benzene rings is 1. The molecule has 0 fully saturated rings. The summed E-state index contributed by atoms with van der Waals surface area (Å²) in [7, 11) is -2.32. The maximum Gasteiger partial charge on any atom is 0.244 e. The van der Waals surface area contributed by atoms with E-state index in [1.165, 1.54) is 13.2 Å². The predicted octanol–water partition coefficient (Wildman–Crippen LogP) is 1.90. The van der Waals surface area contributed by atoms with E-state index in [1.807, 2.05) is 0 Å². The van der Waals surface area contributed by atoms with E-state index in [-0.39, 0.29) is 17.2 Å². The summed E-state index contributed by atoms with van der Waals surface area (Å²) in [5.41, 5.74) is 5.27. The van der Waals surface area contributed by atoms with E-state index in [0.717, 1.165) is 0 Å². The second kappa shape index (κ2) is 7.25. The molecule has 106 valence electrons. The van der Waals surface area contributed by atoms with Crippen LogP contribution in [0.15, 0.2) is 33.7 Å². The van der Waals surface area contributed by atoms with Crippen LogP contribution in [-0.4, -0.2) is 28.6 Å². The van der Waals surface area contributed by atoms with Crippen molar-refractivity contribution in [1.29, 1.82) is 0 Å². The minimum atomic E-state index is -3.71. The Morgan fingerprint density at radius 3 is 2.74 bits per heavy atom. The molecule has 5 nitrogen and oxygen atoms in total. The highest BCUT2D eigenvalue weighted by atomic mass is 79.9. The van der Waals surface area contributed by atoms with E-state index >= 15 is 0 Å². The molecular weight excluding hydrogens is 356 g/mol. The number of rotatable bonds is 6. The molecule has 0 aliphatic carbocycles. The molecule has 0 radical (unpaired) electrons. The molecule has 19 heavy (non-hydrogen) atoms. The highest BCUT2D eigenvalue weighted by Crippen LogP contribution is 2.35. The SMILES string of the molecule is COc1c(Br)cc(Cl)cc1S(=O)(=O)NC/C=C/CN. The summed E-state index contributed by atoms with van der Waals surface area (Å²) < 4.78 is 32.3. The lowest BCUT2D eigenvalue weighted by molar-refractivity contribution is 0.399. The highest BCUT2D eigenvalue weighted by molar-refractivity contribution is 9.10. The van der Waals surface area contributed by atoms with Gasteiger partial charge in [0, 0.05) is 18.1 Å². The standard InChI is InChI=1S/C11H14BrClN2O3S/c1-18-11-9(12)6-8(13)7-10(11)19(16,17)15-5-3-2-4-14/h2-3,6-7,15H,4-5,14H2,1H3/b3-2+. The zero-order valence-corrected chi connectivity index (χ0v) is 13.3. The Kier molecular flexibility index (Phi) is 6.28. The fourth-order valence-electron chi connectivity index (χ4n) is 1.35. The third-order valence-corrected chi connectivity index (χ3v) is 4.40. The summed E-state index contributed by atoms with van der Waals surface area (Å²) in [6.45, 7) is 0.501. The Labute approximate surface area is 126 Å². The van der Waals surface area contributed by atoms with Gasteiger partial charge in [-0.1, -0.05) is 23.8 Å². The van der Waals surface area contributed by atoms with Crippen LogP contribution in [0.25, 0.3) is 0 Å². The molecule has 1 rings (SSSR count). The third-order valence-electron chi connectivity index (χ3n) is 2.16. The maximum absolute atomic E-state index is 12.1. The molecule has 0 bridgehead atoms. The van der Waals surface area contributed by atoms with E-state index in [9.17, 15) is 8.42 Å². The summed E-state index contributed by atoms with van der Waals surface area (Å²) in [6.07, 6.45) is 3.29. The quantitative estimate of drug-likeness (QED) is 0.751. The van der Waals surface area contributed by atoms with E-state index in [0.29, 0.717) is 16.0 Å². The first-order valence-corrected chi connectivity index (χ1v) is 7.95. The van der Waals surface area contributed by atoms with Gasteiger partial charge in [0.1, 0.15) is 4.90 Å². The van der Waals surface area contributed by atoms with Crippen LogP contribution >= 0.6 is 27.5 Å². The summed E-state index contributed by atoms with van der Waals surface area (Å²) in [5, 5.41) is 0.297. The average molecular weight is 370 g/mol. The van der Waals surface area contributed by atoms with E-state index in [1.54, 1.807) is 18.2 Å². The Bertz CT molecular complexity index is 576. The van der Waals surface area contributed by atoms with Crippen LogP contribution in [0.3, 0.4) is 0 Å². The first kappa shape index (κ1) is 16.5. The van der Waals surface area contributed by atoms with Crippen molar-refractivity contribution in [3.8, 4) is 5.75 Å². The largest absolute Gasteiger partial charge is 0.494 e. The number of halogens is 2. The Morgan fingerprint density at radius 2 is 2.16 bits per heavy atom. The van der Waals surface area contributed by atoms with Gasteiger partial charge in [-0.15, -0.1) is 0 Å². The van der Waals surface area contributed by atoms with Crippen LogP contribution in [-0.2, 0) is 10.0 Å². The van der Waals surface area contributed by atoms with Crippen molar-refractivity contribution < 1.29 is 13.2 Å². The van der Waals surface area contributed by atoms with Gasteiger partial charge >= 0.3 is 0 Å². The number of ether oxygens (including phenoxy) is 1. The average Bonchev–Trinajstić information content (AvgIpc) is 2.34. The first-order chi connectivity index (χ1) is 8.92. The van der Waals surface area contributed by atoms with Crippen molar-refractivity contribution in [2.75, 3.05) is 20.2 Å². The van der Waals surface area contributed by atoms with Crippen molar-refractivity contribution in [3.05, 3.63) is 33.8 Å². The Morgan fingerprint density at radius 1 is 1.47 bits per heavy atom. The predicted molar refractivity (Wildman–Crippen MR) is 79.1 cm³/mol. The number of hydrogen-bond acceptors (Lipinski definition) is 4. The van der Waals surface area contributed by atoms with Gasteiger partial charge in [0.25, 0.3) is 0 Å². The Balaban J connectivity index is 3.10. The molecule has 0 spiro atoms. The molecule has 0 atom stereocenters. The molecule has 0 aliphatic heterocycles. The minimum Gasteiger partial charge on any atom is -0.494 e. The molecule has 0 unspecified atom stereocenters. The fourth-order valence-corrected chi connectivity index (χ4v) is 3.71. The van der Waals surface area contributed by atoms with Gasteiger partial charge in [-0.2, -0.15) is 0 Å². The lowest BCUT2D eigenvalue weighted by Crippen LogP contribution is -2.24. The number of nitrogens with one attached hydrogen (secondary N) is 1. The molecule has 0 aliphatic rings. The number of methoxy groups -OCH3 is 1. The van der Waals surface area contributed by atoms with Crippen LogP contribution < -0.4 is 15.2 Å². The van der Waals surface area contributed by atoms with Crippen LogP contribution in [0.2, 0.25) is 5.02 Å². The van der Waals surface area contributed by atoms with Gasteiger partial charge < -0.3 is 10.5 Å². The van der Waals surface area contributed by atoms with Gasteiger partial charge in [0.15, 0.2) is 5.75 Å². The molecule has 0 amide bonds. The summed E-state index contributed by atoms with van der Waals surface area (Å²) >= 11 is 9.07. The molecule has 1 aromatic rings. The Hall–Kier alpha value is -0.600. The summed E-state index contributed by atoms with van der Waals surface area (Å²) in [5.74, 6) is 0.208. The minimum absolute atomic E-state index is 0.0180. The first-order valence-electron chi connectivity index (χ1n) is 5.30. The number of hydrogen-bond donors (Lipinski definition) is 2. The van der Waals surface area contributed by atoms with Crippen LogP contribution in [0.1, 0.15) is 0 Å². The topological polar surface area (TPSA) is 81.4 Å². The van der Waals surface area contributed by atoms with Gasteiger partial charge in [-0.3, -0.25) is 0 Å². The van der Waals surface area contributed by atoms with Crippen LogP contribution in [0, 0.1) is 0 Å². The van der Waals surface area contributed by atoms with E-state index in [4.69, 9.17) is 22.1 Å². The zero-order chi connectivity index (χ0) is 14.5. The molecule has 0 saturated heterocycles. The van der Waals surface area contributed by atoms with Crippen molar-refractivity contribution in [3.63, 3.8) is 0 Å². The molecule has 0 heterocycles. The maximum atomic E-state index is 12.1.